The third kappa shape index (κ3) is 4.40. The highest BCUT2D eigenvalue weighted by atomic mass is 32.1. The summed E-state index contributed by atoms with van der Waals surface area (Å²) in [6.07, 6.45) is 2.85. The van der Waals surface area contributed by atoms with Gasteiger partial charge in [-0.1, -0.05) is 18.1 Å². The molecule has 6 heteroatoms. The number of aliphatic hydroxyl groups is 1. The molecule has 20 heavy (non-hydrogen) atoms. The SMILES string of the molecule is CCCN(CCO)CCCc1nc(-c2cccs2)no1. The second-order valence-corrected chi connectivity index (χ2v) is 5.61. The normalized spacial score (nSPS) is 11.3. The highest BCUT2D eigenvalue weighted by molar-refractivity contribution is 7.13. The Bertz CT molecular complexity index is 478. The van der Waals surface area contributed by atoms with Crippen molar-refractivity contribution in [3.8, 4) is 10.7 Å². The van der Waals surface area contributed by atoms with Crippen LogP contribution in [0.2, 0.25) is 0 Å². The average Bonchev–Trinajstić information content (AvgIpc) is 3.10. The number of aryl methyl sites for hydroxylation is 1. The quantitative estimate of drug-likeness (QED) is 0.770. The molecule has 0 aliphatic rings. The molecule has 0 bridgehead atoms. The molecule has 0 aliphatic heterocycles. The van der Waals surface area contributed by atoms with Crippen LogP contribution in [0, 0.1) is 0 Å². The lowest BCUT2D eigenvalue weighted by atomic mass is 10.2. The van der Waals surface area contributed by atoms with Gasteiger partial charge in [0.2, 0.25) is 11.7 Å². The Hall–Kier alpha value is -1.24. The molecule has 0 saturated heterocycles. The van der Waals surface area contributed by atoms with E-state index in [4.69, 9.17) is 9.63 Å². The van der Waals surface area contributed by atoms with Crippen LogP contribution >= 0.6 is 11.3 Å². The Morgan fingerprint density at radius 1 is 1.35 bits per heavy atom. The van der Waals surface area contributed by atoms with Gasteiger partial charge in [0.25, 0.3) is 0 Å². The van der Waals surface area contributed by atoms with Crippen LogP contribution in [0.15, 0.2) is 22.0 Å². The maximum Gasteiger partial charge on any atom is 0.227 e. The summed E-state index contributed by atoms with van der Waals surface area (Å²) < 4.78 is 5.27. The molecule has 5 nitrogen and oxygen atoms in total. The van der Waals surface area contributed by atoms with Gasteiger partial charge in [-0.2, -0.15) is 4.98 Å². The summed E-state index contributed by atoms with van der Waals surface area (Å²) in [5.74, 6) is 1.37. The van der Waals surface area contributed by atoms with Crippen LogP contribution in [0.3, 0.4) is 0 Å². The molecule has 0 fully saturated rings. The fourth-order valence-corrected chi connectivity index (χ4v) is 2.76. The van der Waals surface area contributed by atoms with Gasteiger partial charge in [-0.05, 0) is 37.4 Å². The summed E-state index contributed by atoms with van der Waals surface area (Å²) in [5.41, 5.74) is 0. The highest BCUT2D eigenvalue weighted by Crippen LogP contribution is 2.21. The molecule has 2 aromatic rings. The number of hydrogen-bond acceptors (Lipinski definition) is 6. The number of aromatic nitrogens is 2. The minimum absolute atomic E-state index is 0.211. The summed E-state index contributed by atoms with van der Waals surface area (Å²) in [5, 5.41) is 15.0. The Morgan fingerprint density at radius 2 is 2.25 bits per heavy atom. The molecule has 0 spiro atoms. The monoisotopic (exact) mass is 295 g/mol. The molecule has 2 heterocycles. The van der Waals surface area contributed by atoms with Gasteiger partial charge >= 0.3 is 0 Å². The fourth-order valence-electron chi connectivity index (χ4n) is 2.11. The fraction of sp³-hybridized carbons (Fsp3) is 0.571. The number of rotatable bonds is 9. The van der Waals surface area contributed by atoms with Gasteiger partial charge in [-0.25, -0.2) is 0 Å². The molecule has 0 aliphatic carbocycles. The second-order valence-electron chi connectivity index (χ2n) is 4.66. The molecule has 0 amide bonds. The first-order valence-corrected chi connectivity index (χ1v) is 7.91. The number of nitrogens with zero attached hydrogens (tertiary/aromatic N) is 3. The largest absolute Gasteiger partial charge is 0.395 e. The van der Waals surface area contributed by atoms with Gasteiger partial charge in [0, 0.05) is 13.0 Å². The first-order chi connectivity index (χ1) is 9.83. The third-order valence-corrected chi connectivity index (χ3v) is 3.90. The van der Waals surface area contributed by atoms with E-state index in [-0.39, 0.29) is 6.61 Å². The highest BCUT2D eigenvalue weighted by Gasteiger charge is 2.10. The van der Waals surface area contributed by atoms with Crippen molar-refractivity contribution in [3.05, 3.63) is 23.4 Å². The first kappa shape index (κ1) is 15.2. The number of thiophene rings is 1. The molecule has 0 aromatic carbocycles. The second kappa shape index (κ2) is 8.14. The van der Waals surface area contributed by atoms with Gasteiger partial charge < -0.3 is 14.5 Å². The van der Waals surface area contributed by atoms with Crippen molar-refractivity contribution in [3.63, 3.8) is 0 Å². The predicted molar refractivity (Wildman–Crippen MR) is 79.7 cm³/mol. The smallest absolute Gasteiger partial charge is 0.227 e. The van der Waals surface area contributed by atoms with Gasteiger partial charge in [0.1, 0.15) is 0 Å². The maximum atomic E-state index is 9.01. The standard InChI is InChI=1S/C14H21N3O2S/c1-2-7-17(9-10-18)8-3-6-13-15-14(16-19-13)12-5-4-11-20-12/h4-5,11,18H,2-3,6-10H2,1H3. The topological polar surface area (TPSA) is 62.4 Å². The zero-order valence-corrected chi connectivity index (χ0v) is 12.6. The molecule has 110 valence electrons. The molecule has 2 aromatic heterocycles. The van der Waals surface area contributed by atoms with Crippen LogP contribution in [0.25, 0.3) is 10.7 Å². The van der Waals surface area contributed by atoms with E-state index in [1.54, 1.807) is 11.3 Å². The van der Waals surface area contributed by atoms with Gasteiger partial charge in [-0.15, -0.1) is 11.3 Å². The summed E-state index contributed by atoms with van der Waals surface area (Å²) >= 11 is 1.61. The van der Waals surface area contributed by atoms with E-state index in [0.29, 0.717) is 11.7 Å². The molecular weight excluding hydrogens is 274 g/mol. The first-order valence-electron chi connectivity index (χ1n) is 7.03. The van der Waals surface area contributed by atoms with Crippen LogP contribution < -0.4 is 0 Å². The van der Waals surface area contributed by atoms with E-state index in [1.807, 2.05) is 17.5 Å². The summed E-state index contributed by atoms with van der Waals surface area (Å²) in [7, 11) is 0. The van der Waals surface area contributed by atoms with E-state index in [2.05, 4.69) is 22.0 Å². The Balaban J connectivity index is 1.79. The van der Waals surface area contributed by atoms with Gasteiger partial charge in [0.15, 0.2) is 0 Å². The zero-order chi connectivity index (χ0) is 14.2. The lowest BCUT2D eigenvalue weighted by Gasteiger charge is -2.19. The lowest BCUT2D eigenvalue weighted by Crippen LogP contribution is -2.29. The van der Waals surface area contributed by atoms with Crippen LogP contribution in [-0.4, -0.2) is 46.4 Å². The molecule has 0 saturated carbocycles. The number of aliphatic hydroxyl groups excluding tert-OH is 1. The average molecular weight is 295 g/mol. The van der Waals surface area contributed by atoms with E-state index in [1.165, 1.54) is 0 Å². The van der Waals surface area contributed by atoms with Crippen molar-refractivity contribution in [1.29, 1.82) is 0 Å². The minimum atomic E-state index is 0.211. The van der Waals surface area contributed by atoms with Crippen molar-refractivity contribution in [1.82, 2.24) is 15.0 Å². The van der Waals surface area contributed by atoms with Crippen molar-refractivity contribution < 1.29 is 9.63 Å². The predicted octanol–water partition coefficient (Wildman–Crippen LogP) is 2.44. The van der Waals surface area contributed by atoms with Crippen LogP contribution in [0.5, 0.6) is 0 Å². The van der Waals surface area contributed by atoms with E-state index in [0.717, 1.165) is 43.8 Å². The summed E-state index contributed by atoms with van der Waals surface area (Å²) in [4.78, 5) is 7.70. The van der Waals surface area contributed by atoms with Gasteiger partial charge in [-0.3, -0.25) is 0 Å². The van der Waals surface area contributed by atoms with E-state index < -0.39 is 0 Å². The third-order valence-electron chi connectivity index (χ3n) is 3.03. The Kier molecular flexibility index (Phi) is 6.17. The van der Waals surface area contributed by atoms with E-state index >= 15 is 0 Å². The Morgan fingerprint density at radius 3 is 2.95 bits per heavy atom. The Labute approximate surface area is 123 Å². The summed E-state index contributed by atoms with van der Waals surface area (Å²) in [6.45, 7) is 5.06. The van der Waals surface area contributed by atoms with Crippen molar-refractivity contribution in [2.75, 3.05) is 26.2 Å². The van der Waals surface area contributed by atoms with Gasteiger partial charge in [0.05, 0.1) is 11.5 Å². The van der Waals surface area contributed by atoms with Crippen molar-refractivity contribution in [2.24, 2.45) is 0 Å². The van der Waals surface area contributed by atoms with Crippen LogP contribution in [0.1, 0.15) is 25.7 Å². The summed E-state index contributed by atoms with van der Waals surface area (Å²) in [6, 6.07) is 3.97. The zero-order valence-electron chi connectivity index (χ0n) is 11.8. The molecule has 0 atom stereocenters. The van der Waals surface area contributed by atoms with Crippen molar-refractivity contribution >= 4 is 11.3 Å². The van der Waals surface area contributed by atoms with Crippen LogP contribution in [0.4, 0.5) is 0 Å². The van der Waals surface area contributed by atoms with Crippen molar-refractivity contribution in [2.45, 2.75) is 26.2 Å². The lowest BCUT2D eigenvalue weighted by molar-refractivity contribution is 0.193. The van der Waals surface area contributed by atoms with Crippen LogP contribution in [-0.2, 0) is 6.42 Å². The van der Waals surface area contributed by atoms with E-state index in [9.17, 15) is 0 Å². The molecular formula is C14H21N3O2S. The number of hydrogen-bond donors (Lipinski definition) is 1. The molecule has 1 N–H and O–H groups in total. The molecule has 0 unspecified atom stereocenters. The molecule has 0 radical (unpaired) electrons. The maximum absolute atomic E-state index is 9.01. The minimum Gasteiger partial charge on any atom is -0.395 e. The molecule has 2 rings (SSSR count).